The predicted octanol–water partition coefficient (Wildman–Crippen LogP) is 3.77. The lowest BCUT2D eigenvalue weighted by molar-refractivity contribution is 0.829. The second kappa shape index (κ2) is 5.45. The third-order valence-electron chi connectivity index (χ3n) is 2.70. The van der Waals surface area contributed by atoms with Gasteiger partial charge in [-0.05, 0) is 19.4 Å². The van der Waals surface area contributed by atoms with E-state index in [1.807, 2.05) is 0 Å². The zero-order valence-electron chi connectivity index (χ0n) is 10.7. The van der Waals surface area contributed by atoms with Crippen molar-refractivity contribution in [2.45, 2.75) is 40.0 Å². The Morgan fingerprint density at radius 1 is 1.29 bits per heavy atom. The molecule has 0 amide bonds. The van der Waals surface area contributed by atoms with E-state index in [0.717, 1.165) is 29.4 Å². The van der Waals surface area contributed by atoms with Crippen molar-refractivity contribution in [3.05, 3.63) is 16.8 Å². The van der Waals surface area contributed by atoms with E-state index >= 15 is 0 Å². The summed E-state index contributed by atoms with van der Waals surface area (Å²) < 4.78 is 0. The third-order valence-corrected chi connectivity index (χ3v) is 3.65. The van der Waals surface area contributed by atoms with Crippen molar-refractivity contribution in [2.24, 2.45) is 0 Å². The van der Waals surface area contributed by atoms with Crippen LogP contribution >= 0.6 is 11.3 Å². The molecule has 0 spiro atoms. The molecule has 0 aliphatic rings. The molecule has 92 valence electrons. The van der Waals surface area contributed by atoms with E-state index in [1.165, 1.54) is 23.1 Å². The second-order valence-corrected chi connectivity index (χ2v) is 5.43. The predicted molar refractivity (Wildman–Crippen MR) is 74.9 cm³/mol. The Labute approximate surface area is 106 Å². The Hall–Kier alpha value is -1.16. The number of nitrogens with one attached hydrogen (secondary N) is 1. The zero-order valence-corrected chi connectivity index (χ0v) is 11.5. The van der Waals surface area contributed by atoms with Crippen molar-refractivity contribution >= 4 is 27.4 Å². The largest absolute Gasteiger partial charge is 0.369 e. The minimum atomic E-state index is 0.884. The van der Waals surface area contributed by atoms with E-state index in [0.29, 0.717) is 0 Å². The van der Waals surface area contributed by atoms with Crippen LogP contribution in [0.3, 0.4) is 0 Å². The van der Waals surface area contributed by atoms with Crippen LogP contribution in [-0.2, 0) is 6.42 Å². The maximum Gasteiger partial charge on any atom is 0.138 e. The Bertz CT molecular complexity index is 505. The van der Waals surface area contributed by atoms with Gasteiger partial charge in [0.1, 0.15) is 16.5 Å². The molecule has 2 rings (SSSR count). The van der Waals surface area contributed by atoms with E-state index in [2.05, 4.69) is 42.1 Å². The molecule has 0 radical (unpaired) electrons. The Balaban J connectivity index is 2.36. The summed E-state index contributed by atoms with van der Waals surface area (Å²) in [6.45, 7) is 7.40. The Morgan fingerprint density at radius 2 is 2.12 bits per heavy atom. The number of rotatable bonds is 5. The van der Waals surface area contributed by atoms with E-state index < -0.39 is 0 Å². The zero-order chi connectivity index (χ0) is 12.3. The quantitative estimate of drug-likeness (QED) is 0.820. The van der Waals surface area contributed by atoms with Crippen LogP contribution in [-0.4, -0.2) is 16.5 Å². The lowest BCUT2D eigenvalue weighted by Gasteiger charge is -2.07. The first-order chi connectivity index (χ1) is 8.24. The first-order valence-electron chi connectivity index (χ1n) is 6.25. The first-order valence-corrected chi connectivity index (χ1v) is 7.07. The van der Waals surface area contributed by atoms with Gasteiger partial charge in [0, 0.05) is 17.8 Å². The monoisotopic (exact) mass is 249 g/mol. The van der Waals surface area contributed by atoms with Crippen LogP contribution < -0.4 is 5.32 Å². The minimum absolute atomic E-state index is 0.884. The van der Waals surface area contributed by atoms with E-state index in [4.69, 9.17) is 0 Å². The average Bonchev–Trinajstić information content (AvgIpc) is 2.69. The van der Waals surface area contributed by atoms with Crippen molar-refractivity contribution in [3.8, 4) is 0 Å². The maximum absolute atomic E-state index is 4.59. The number of fused-ring (bicyclic) bond motifs is 1. The SMILES string of the molecule is CCCCNc1nc(CC)nc2sc(C)cc12. The number of hydrogen-bond donors (Lipinski definition) is 1. The molecule has 0 bridgehead atoms. The minimum Gasteiger partial charge on any atom is -0.369 e. The molecule has 0 aliphatic carbocycles. The Morgan fingerprint density at radius 3 is 2.82 bits per heavy atom. The van der Waals surface area contributed by atoms with Crippen LogP contribution in [0.15, 0.2) is 6.07 Å². The van der Waals surface area contributed by atoms with Crippen molar-refractivity contribution in [2.75, 3.05) is 11.9 Å². The van der Waals surface area contributed by atoms with Crippen LogP contribution in [0.1, 0.15) is 37.4 Å². The van der Waals surface area contributed by atoms with Gasteiger partial charge in [0.05, 0.1) is 5.39 Å². The second-order valence-electron chi connectivity index (χ2n) is 4.20. The van der Waals surface area contributed by atoms with Gasteiger partial charge in [-0.2, -0.15) is 0 Å². The molecule has 0 aromatic carbocycles. The molecule has 2 aromatic heterocycles. The summed E-state index contributed by atoms with van der Waals surface area (Å²) in [5.41, 5.74) is 0. The fourth-order valence-electron chi connectivity index (χ4n) is 1.76. The number of nitrogens with zero attached hydrogens (tertiary/aromatic N) is 2. The molecule has 0 saturated heterocycles. The number of aromatic nitrogens is 2. The first kappa shape index (κ1) is 12.3. The van der Waals surface area contributed by atoms with Crippen LogP contribution in [0, 0.1) is 6.92 Å². The van der Waals surface area contributed by atoms with Crippen LogP contribution in [0.5, 0.6) is 0 Å². The van der Waals surface area contributed by atoms with Gasteiger partial charge in [-0.1, -0.05) is 20.3 Å². The molecule has 3 nitrogen and oxygen atoms in total. The summed E-state index contributed by atoms with van der Waals surface area (Å²) in [5, 5.41) is 4.60. The molecule has 0 aliphatic heterocycles. The van der Waals surface area contributed by atoms with Gasteiger partial charge in [-0.3, -0.25) is 0 Å². The number of aryl methyl sites for hydroxylation is 2. The summed E-state index contributed by atoms with van der Waals surface area (Å²) in [6.07, 6.45) is 3.26. The van der Waals surface area contributed by atoms with Gasteiger partial charge < -0.3 is 5.32 Å². The normalized spacial score (nSPS) is 11.0. The highest BCUT2D eigenvalue weighted by Gasteiger charge is 2.09. The molecular formula is C13H19N3S. The lowest BCUT2D eigenvalue weighted by atomic mass is 10.3. The molecular weight excluding hydrogens is 230 g/mol. The highest BCUT2D eigenvalue weighted by Crippen LogP contribution is 2.28. The van der Waals surface area contributed by atoms with Crippen molar-refractivity contribution in [1.82, 2.24) is 9.97 Å². The van der Waals surface area contributed by atoms with Gasteiger partial charge >= 0.3 is 0 Å². The van der Waals surface area contributed by atoms with Crippen LogP contribution in [0.2, 0.25) is 0 Å². The molecule has 0 saturated carbocycles. The molecule has 1 N–H and O–H groups in total. The lowest BCUT2D eigenvalue weighted by Crippen LogP contribution is -2.05. The van der Waals surface area contributed by atoms with Crippen molar-refractivity contribution in [1.29, 1.82) is 0 Å². The van der Waals surface area contributed by atoms with Gasteiger partial charge in [0.15, 0.2) is 0 Å². The fraction of sp³-hybridized carbons (Fsp3) is 0.538. The Kier molecular flexibility index (Phi) is 3.94. The number of thiophene rings is 1. The average molecular weight is 249 g/mol. The van der Waals surface area contributed by atoms with Gasteiger partial charge in [-0.25, -0.2) is 9.97 Å². The number of unbranched alkanes of at least 4 members (excludes halogenated alkanes) is 1. The molecule has 17 heavy (non-hydrogen) atoms. The van der Waals surface area contributed by atoms with Crippen LogP contribution in [0.25, 0.3) is 10.2 Å². The van der Waals surface area contributed by atoms with E-state index in [-0.39, 0.29) is 0 Å². The van der Waals surface area contributed by atoms with Crippen molar-refractivity contribution < 1.29 is 0 Å². The maximum atomic E-state index is 4.59. The highest BCUT2D eigenvalue weighted by molar-refractivity contribution is 7.18. The smallest absolute Gasteiger partial charge is 0.138 e. The molecule has 4 heteroatoms. The van der Waals surface area contributed by atoms with Crippen molar-refractivity contribution in [3.63, 3.8) is 0 Å². The summed E-state index contributed by atoms with van der Waals surface area (Å²) in [6, 6.07) is 2.17. The summed E-state index contributed by atoms with van der Waals surface area (Å²) in [4.78, 5) is 11.6. The fourth-order valence-corrected chi connectivity index (χ4v) is 2.66. The van der Waals surface area contributed by atoms with Gasteiger partial charge in [0.25, 0.3) is 0 Å². The highest BCUT2D eigenvalue weighted by atomic mass is 32.1. The molecule has 0 unspecified atom stereocenters. The molecule has 2 heterocycles. The number of anilines is 1. The molecule has 0 fully saturated rings. The third kappa shape index (κ3) is 2.75. The van der Waals surface area contributed by atoms with E-state index in [1.54, 1.807) is 11.3 Å². The summed E-state index contributed by atoms with van der Waals surface area (Å²) >= 11 is 1.74. The molecule has 0 atom stereocenters. The van der Waals surface area contributed by atoms with Crippen LogP contribution in [0.4, 0.5) is 5.82 Å². The molecule has 2 aromatic rings. The van der Waals surface area contributed by atoms with Gasteiger partial charge in [0.2, 0.25) is 0 Å². The van der Waals surface area contributed by atoms with Gasteiger partial charge in [-0.15, -0.1) is 11.3 Å². The topological polar surface area (TPSA) is 37.8 Å². The standard InChI is InChI=1S/C13H19N3S/c1-4-6-7-14-12-10-8-9(3)17-13(10)16-11(5-2)15-12/h8H,4-7H2,1-3H3,(H,14,15,16). The summed E-state index contributed by atoms with van der Waals surface area (Å²) in [5.74, 6) is 1.93. The number of hydrogen-bond acceptors (Lipinski definition) is 4. The van der Waals surface area contributed by atoms with E-state index in [9.17, 15) is 0 Å². The summed E-state index contributed by atoms with van der Waals surface area (Å²) in [7, 11) is 0.